The molecule has 0 radical (unpaired) electrons. The minimum absolute atomic E-state index is 0.113. The topological polar surface area (TPSA) is 38.9 Å². The van der Waals surface area contributed by atoms with Gasteiger partial charge in [0.15, 0.2) is 0 Å². The van der Waals surface area contributed by atoms with Gasteiger partial charge in [0.2, 0.25) is 0 Å². The highest BCUT2D eigenvalue weighted by Gasteiger charge is 1.73. The zero-order chi connectivity index (χ0) is 6.85. The molecule has 0 bridgehead atoms. The monoisotopic (exact) mass is 96.1 g/mol. The van der Waals surface area contributed by atoms with Gasteiger partial charge in [-0.3, -0.25) is 0 Å². The first kappa shape index (κ1) is 2.31. The highest BCUT2D eigenvalue weighted by molar-refractivity contribution is 5.25. The van der Waals surface area contributed by atoms with E-state index in [9.17, 15) is 0 Å². The van der Waals surface area contributed by atoms with Crippen LogP contribution in [0, 0.1) is 0 Å². The fourth-order valence-electron chi connectivity index (χ4n) is 0.297. The van der Waals surface area contributed by atoms with Crippen LogP contribution in [0.4, 0.5) is 5.82 Å². The minimum atomic E-state index is 0.113. The van der Waals surface area contributed by atoms with E-state index in [1.807, 2.05) is 0 Å². The van der Waals surface area contributed by atoms with E-state index in [2.05, 4.69) is 4.98 Å². The molecule has 0 saturated carbocycles. The predicted molar refractivity (Wildman–Crippen MR) is 28.6 cm³/mol. The first-order chi connectivity index (χ1) is 4.20. The maximum absolute atomic E-state index is 7.05. The van der Waals surface area contributed by atoms with E-state index in [0.717, 1.165) is 0 Å². The second kappa shape index (κ2) is 1.60. The largest absolute Gasteiger partial charge is 0.384 e. The maximum Gasteiger partial charge on any atom is 0.123 e. The van der Waals surface area contributed by atoms with Crippen LogP contribution in [0.3, 0.4) is 0 Å². The van der Waals surface area contributed by atoms with Gasteiger partial charge in [0, 0.05) is 6.20 Å². The second-order valence-corrected chi connectivity index (χ2v) is 1.10. The van der Waals surface area contributed by atoms with Crippen molar-refractivity contribution >= 4 is 5.82 Å². The van der Waals surface area contributed by atoms with Crippen molar-refractivity contribution < 1.29 is 2.74 Å². The van der Waals surface area contributed by atoms with Crippen molar-refractivity contribution in [2.75, 3.05) is 5.73 Å². The summed E-state index contributed by atoms with van der Waals surface area (Å²) in [7, 11) is 0. The third-order valence-corrected chi connectivity index (χ3v) is 0.582. The number of aromatic nitrogens is 1. The zero-order valence-corrected chi connectivity index (χ0v) is 3.68. The number of nitrogen functional groups attached to an aromatic ring is 1. The lowest BCUT2D eigenvalue weighted by atomic mass is 10.5. The van der Waals surface area contributed by atoms with E-state index >= 15 is 0 Å². The molecule has 0 saturated heterocycles. The van der Waals surface area contributed by atoms with Crippen molar-refractivity contribution in [3.63, 3.8) is 0 Å². The minimum Gasteiger partial charge on any atom is -0.384 e. The molecule has 0 amide bonds. The van der Waals surface area contributed by atoms with Crippen molar-refractivity contribution in [1.82, 2.24) is 4.98 Å². The summed E-state index contributed by atoms with van der Waals surface area (Å²) in [6.07, 6.45) is 1.31. The molecule has 2 nitrogen and oxygen atoms in total. The molecule has 0 atom stereocenters. The van der Waals surface area contributed by atoms with Gasteiger partial charge in [0.05, 0.1) is 2.74 Å². The first-order valence-electron chi connectivity index (χ1n) is 2.89. The zero-order valence-electron chi connectivity index (χ0n) is 5.68. The van der Waals surface area contributed by atoms with E-state index < -0.39 is 0 Å². The molecule has 0 aliphatic heterocycles. The molecule has 7 heavy (non-hydrogen) atoms. The summed E-state index contributed by atoms with van der Waals surface area (Å²) in [6.45, 7) is 0. The van der Waals surface area contributed by atoms with Crippen molar-refractivity contribution in [2.24, 2.45) is 0 Å². The van der Waals surface area contributed by atoms with Crippen LogP contribution in [-0.4, -0.2) is 4.98 Å². The van der Waals surface area contributed by atoms with Crippen LogP contribution < -0.4 is 5.73 Å². The standard InChI is InChI=1S/C5H6N2/c6-5-3-1-2-4-7-5/h1-4H,(H2,6,7)/i2D,3D. The summed E-state index contributed by atoms with van der Waals surface area (Å²) >= 11 is 0. The van der Waals surface area contributed by atoms with Crippen molar-refractivity contribution in [1.29, 1.82) is 0 Å². The smallest absolute Gasteiger partial charge is 0.123 e. The average Bonchev–Trinajstić information content (AvgIpc) is 1.80. The highest BCUT2D eigenvalue weighted by Crippen LogP contribution is 1.89. The lowest BCUT2D eigenvalue weighted by Gasteiger charge is -1.82. The van der Waals surface area contributed by atoms with Gasteiger partial charge in [-0.2, -0.15) is 0 Å². The molecule has 1 aromatic rings. The Morgan fingerprint density at radius 3 is 3.29 bits per heavy atom. The van der Waals surface area contributed by atoms with Crippen molar-refractivity contribution in [3.05, 3.63) is 24.3 Å². The Kier molecular flexibility index (Phi) is 0.527. The summed E-state index contributed by atoms with van der Waals surface area (Å²) in [5.41, 5.74) is 5.21. The molecule has 36 valence electrons. The molecule has 0 fully saturated rings. The Labute approximate surface area is 44.8 Å². The quantitative estimate of drug-likeness (QED) is 0.515. The molecule has 0 aliphatic carbocycles. The summed E-state index contributed by atoms with van der Waals surface area (Å²) in [5.74, 6) is 0.172. The molecular formula is C5H6N2. The van der Waals surface area contributed by atoms with Gasteiger partial charge in [-0.05, 0) is 12.1 Å². The third kappa shape index (κ3) is 0.892. The van der Waals surface area contributed by atoms with Crippen LogP contribution in [0.15, 0.2) is 24.3 Å². The van der Waals surface area contributed by atoms with Gasteiger partial charge in [-0.1, -0.05) is 6.07 Å². The molecule has 0 aliphatic rings. The second-order valence-electron chi connectivity index (χ2n) is 1.10. The Hall–Kier alpha value is -1.05. The Balaban J connectivity index is 3.17. The van der Waals surface area contributed by atoms with Gasteiger partial charge in [0.1, 0.15) is 5.82 Å². The fraction of sp³-hybridized carbons (Fsp3) is 0. The molecule has 1 rings (SSSR count). The lowest BCUT2D eigenvalue weighted by molar-refractivity contribution is 1.34. The number of anilines is 1. The lowest BCUT2D eigenvalue weighted by Crippen LogP contribution is -1.85. The first-order valence-corrected chi connectivity index (χ1v) is 1.89. The van der Waals surface area contributed by atoms with E-state index in [1.54, 1.807) is 0 Å². The van der Waals surface area contributed by atoms with Crippen LogP contribution in [-0.2, 0) is 0 Å². The summed E-state index contributed by atoms with van der Waals surface area (Å²) < 4.78 is 14.0. The van der Waals surface area contributed by atoms with Gasteiger partial charge < -0.3 is 5.73 Å². The van der Waals surface area contributed by atoms with E-state index in [-0.39, 0.29) is 17.9 Å². The molecule has 1 heterocycles. The van der Waals surface area contributed by atoms with Crippen molar-refractivity contribution in [2.45, 2.75) is 0 Å². The van der Waals surface area contributed by atoms with Gasteiger partial charge in [0.25, 0.3) is 0 Å². The molecular weight excluding hydrogens is 88.1 g/mol. The number of pyridine rings is 1. The molecule has 0 spiro atoms. The Morgan fingerprint density at radius 2 is 2.71 bits per heavy atom. The summed E-state index contributed by atoms with van der Waals surface area (Å²) in [5, 5.41) is 0. The number of nitrogens with zero attached hydrogens (tertiary/aromatic N) is 1. The number of hydrogen-bond donors (Lipinski definition) is 1. The Bertz CT molecular complexity index is 224. The van der Waals surface area contributed by atoms with Crippen LogP contribution in [0.2, 0.25) is 0 Å². The SMILES string of the molecule is [2H]c1cnc(N)c([2H])c1. The predicted octanol–water partition coefficient (Wildman–Crippen LogP) is 0.664. The van der Waals surface area contributed by atoms with E-state index in [0.29, 0.717) is 0 Å². The molecule has 2 N–H and O–H groups in total. The van der Waals surface area contributed by atoms with Crippen LogP contribution >= 0.6 is 0 Å². The normalized spacial score (nSPS) is 12.6. The highest BCUT2D eigenvalue weighted by atomic mass is 14.8. The van der Waals surface area contributed by atoms with Gasteiger partial charge in [-0.25, -0.2) is 4.98 Å². The summed E-state index contributed by atoms with van der Waals surface area (Å²) in [4.78, 5) is 3.58. The molecule has 0 aromatic carbocycles. The van der Waals surface area contributed by atoms with E-state index in [4.69, 9.17) is 8.48 Å². The maximum atomic E-state index is 7.05. The molecule has 0 unspecified atom stereocenters. The third-order valence-electron chi connectivity index (χ3n) is 0.582. The summed E-state index contributed by atoms with van der Waals surface area (Å²) in [6, 6.07) is 1.68. The fourth-order valence-corrected chi connectivity index (χ4v) is 0.297. The average molecular weight is 96.1 g/mol. The van der Waals surface area contributed by atoms with Crippen LogP contribution in [0.25, 0.3) is 0 Å². The number of rotatable bonds is 0. The number of nitrogens with two attached hydrogens (primary N) is 1. The van der Waals surface area contributed by atoms with E-state index in [1.165, 1.54) is 12.3 Å². The molecule has 2 heteroatoms. The Morgan fingerprint density at radius 1 is 1.86 bits per heavy atom. The van der Waals surface area contributed by atoms with Gasteiger partial charge in [-0.15, -0.1) is 0 Å². The number of hydrogen-bond acceptors (Lipinski definition) is 2. The van der Waals surface area contributed by atoms with Crippen LogP contribution in [0.1, 0.15) is 2.74 Å². The van der Waals surface area contributed by atoms with Crippen molar-refractivity contribution in [3.8, 4) is 0 Å². The van der Waals surface area contributed by atoms with Gasteiger partial charge >= 0.3 is 0 Å². The molecule has 1 aromatic heterocycles. The van der Waals surface area contributed by atoms with Crippen LogP contribution in [0.5, 0.6) is 0 Å².